The Hall–Kier alpha value is -2.08. The highest BCUT2D eigenvalue weighted by atomic mass is 14.5. The van der Waals surface area contributed by atoms with Gasteiger partial charge in [-0.3, -0.25) is 0 Å². The third-order valence-electron chi connectivity index (χ3n) is 8.50. The molecule has 2 aromatic rings. The fourth-order valence-electron chi connectivity index (χ4n) is 6.99. The van der Waals surface area contributed by atoms with E-state index in [1.54, 1.807) is 11.1 Å². The van der Waals surface area contributed by atoms with Crippen LogP contribution in [0.2, 0.25) is 0 Å². The van der Waals surface area contributed by atoms with Gasteiger partial charge in [-0.2, -0.15) is 0 Å². The van der Waals surface area contributed by atoms with Crippen LogP contribution in [0.25, 0.3) is 12.2 Å². The maximum Gasteiger partial charge on any atom is 0.00583 e. The Morgan fingerprint density at radius 3 is 1.40 bits per heavy atom. The van der Waals surface area contributed by atoms with Crippen molar-refractivity contribution >= 4 is 12.2 Å². The van der Waals surface area contributed by atoms with Gasteiger partial charge in [-0.15, -0.1) is 0 Å². The lowest BCUT2D eigenvalue weighted by molar-refractivity contribution is 0.0434. The largest absolute Gasteiger partial charge is 0.0761 e. The molecular weight excluding hydrogens is 360 g/mol. The second-order valence-electron chi connectivity index (χ2n) is 10.6. The highest BCUT2D eigenvalue weighted by Crippen LogP contribution is 2.55. The highest BCUT2D eigenvalue weighted by Gasteiger charge is 2.46. The summed E-state index contributed by atoms with van der Waals surface area (Å²) in [7, 11) is 0. The van der Waals surface area contributed by atoms with E-state index in [-0.39, 0.29) is 0 Å². The Labute approximate surface area is 183 Å². The Morgan fingerprint density at radius 2 is 1.00 bits per heavy atom. The van der Waals surface area contributed by atoms with Gasteiger partial charge < -0.3 is 0 Å². The summed E-state index contributed by atoms with van der Waals surface area (Å²) in [6.45, 7) is 9.86. The summed E-state index contributed by atoms with van der Waals surface area (Å²) in [5.74, 6) is 5.74. The van der Waals surface area contributed by atoms with E-state index in [0.717, 1.165) is 35.5 Å². The molecule has 0 N–H and O–H groups in total. The number of rotatable bonds is 4. The van der Waals surface area contributed by atoms with Crippen LogP contribution in [0.5, 0.6) is 0 Å². The summed E-state index contributed by atoms with van der Waals surface area (Å²) in [5.41, 5.74) is 6.03. The zero-order valence-corrected chi connectivity index (χ0v) is 19.0. The van der Waals surface area contributed by atoms with Gasteiger partial charge in [0, 0.05) is 11.8 Å². The van der Waals surface area contributed by atoms with Crippen LogP contribution >= 0.6 is 0 Å². The van der Waals surface area contributed by atoms with Gasteiger partial charge in [0.1, 0.15) is 0 Å². The zero-order chi connectivity index (χ0) is 20.8. The second kappa shape index (κ2) is 7.88. The van der Waals surface area contributed by atoms with Gasteiger partial charge in [-0.1, -0.05) is 101 Å². The van der Waals surface area contributed by atoms with Crippen molar-refractivity contribution in [3.63, 3.8) is 0 Å². The number of fused-ring (bicyclic) bond motifs is 2. The molecule has 1 fully saturated rings. The number of allylic oxidation sites excluding steroid dienone is 2. The molecule has 1 saturated carbocycles. The van der Waals surface area contributed by atoms with Crippen molar-refractivity contribution in [1.82, 2.24) is 0 Å². The van der Waals surface area contributed by atoms with Crippen LogP contribution in [0.15, 0.2) is 60.7 Å². The average Bonchev–Trinajstić information content (AvgIpc) is 3.37. The monoisotopic (exact) mass is 396 g/mol. The maximum absolute atomic E-state index is 2.52. The van der Waals surface area contributed by atoms with Crippen molar-refractivity contribution in [2.24, 2.45) is 35.5 Å². The van der Waals surface area contributed by atoms with Gasteiger partial charge in [-0.05, 0) is 70.6 Å². The highest BCUT2D eigenvalue weighted by molar-refractivity contribution is 5.63. The maximum atomic E-state index is 2.52. The predicted octanol–water partition coefficient (Wildman–Crippen LogP) is 8.18. The van der Waals surface area contributed by atoms with Gasteiger partial charge in [0.2, 0.25) is 0 Å². The Kier molecular flexibility index (Phi) is 5.21. The fraction of sp³-hybridized carbons (Fsp3) is 0.467. The molecule has 0 spiro atoms. The van der Waals surface area contributed by atoms with Crippen LogP contribution in [0.1, 0.15) is 74.6 Å². The van der Waals surface area contributed by atoms with Crippen LogP contribution in [0.3, 0.4) is 0 Å². The molecule has 0 amide bonds. The van der Waals surface area contributed by atoms with Gasteiger partial charge in [0.25, 0.3) is 0 Å². The molecule has 3 aliphatic rings. The summed E-state index contributed by atoms with van der Waals surface area (Å²) in [5, 5.41) is 0. The fourth-order valence-corrected chi connectivity index (χ4v) is 6.99. The van der Waals surface area contributed by atoms with Crippen molar-refractivity contribution in [2.75, 3.05) is 0 Å². The van der Waals surface area contributed by atoms with Crippen LogP contribution < -0.4 is 0 Å². The first-order valence-corrected chi connectivity index (χ1v) is 12.1. The number of hydrogen-bond donors (Lipinski definition) is 0. The topological polar surface area (TPSA) is 0 Å². The van der Waals surface area contributed by atoms with E-state index in [1.807, 2.05) is 0 Å². The van der Waals surface area contributed by atoms with Crippen LogP contribution in [-0.4, -0.2) is 0 Å². The van der Waals surface area contributed by atoms with Gasteiger partial charge in [0.15, 0.2) is 0 Å². The van der Waals surface area contributed by atoms with E-state index >= 15 is 0 Å². The predicted molar refractivity (Wildman–Crippen MR) is 129 cm³/mol. The molecule has 30 heavy (non-hydrogen) atoms. The third-order valence-corrected chi connectivity index (χ3v) is 8.50. The molecule has 0 bridgehead atoms. The quantitative estimate of drug-likeness (QED) is 0.489. The SMILES string of the molecule is CC(C)[C@H]1C[C@@H](C2C=Cc3ccccc32)[C@@H](C(C)C)C[C@H]1C1C=Cc2ccccc21. The lowest BCUT2D eigenvalue weighted by atomic mass is 9.56. The molecule has 5 rings (SSSR count). The molecule has 156 valence electrons. The average molecular weight is 397 g/mol. The molecule has 0 heteroatoms. The van der Waals surface area contributed by atoms with Crippen molar-refractivity contribution in [3.8, 4) is 0 Å². The Morgan fingerprint density at radius 1 is 0.600 bits per heavy atom. The molecule has 0 saturated heterocycles. The first-order chi connectivity index (χ1) is 14.5. The Balaban J connectivity index is 1.49. The Bertz CT molecular complexity index is 880. The molecule has 0 radical (unpaired) electrons. The van der Waals surface area contributed by atoms with Gasteiger partial charge in [-0.25, -0.2) is 0 Å². The third kappa shape index (κ3) is 3.29. The van der Waals surface area contributed by atoms with E-state index in [4.69, 9.17) is 0 Å². The number of hydrogen-bond acceptors (Lipinski definition) is 0. The van der Waals surface area contributed by atoms with E-state index < -0.39 is 0 Å². The lowest BCUT2D eigenvalue weighted by Crippen LogP contribution is -2.40. The minimum atomic E-state index is 0.599. The smallest absolute Gasteiger partial charge is 0.00583 e. The van der Waals surface area contributed by atoms with Crippen LogP contribution in [0, 0.1) is 35.5 Å². The van der Waals surface area contributed by atoms with Gasteiger partial charge in [0.05, 0.1) is 0 Å². The minimum absolute atomic E-state index is 0.599. The standard InChI is InChI=1S/C30H36/c1-19(2)27-17-30(26-16-14-22-10-6-8-12-24(22)26)28(20(3)4)18-29(27)25-15-13-21-9-5-7-11-23(21)25/h5-16,19-20,25-30H,17-18H2,1-4H3/t25?,26?,27-,28-,29+,30+/m1/s1. The van der Waals surface area contributed by atoms with Crippen LogP contribution in [-0.2, 0) is 0 Å². The first-order valence-electron chi connectivity index (χ1n) is 12.1. The van der Waals surface area contributed by atoms with Crippen molar-refractivity contribution in [3.05, 3.63) is 82.9 Å². The molecule has 2 unspecified atom stereocenters. The molecule has 3 aliphatic carbocycles. The van der Waals surface area contributed by atoms with E-state index in [2.05, 4.69) is 101 Å². The molecular formula is C30H36. The number of benzene rings is 2. The lowest BCUT2D eigenvalue weighted by Gasteiger charge is -2.49. The van der Waals surface area contributed by atoms with E-state index in [1.165, 1.54) is 24.0 Å². The summed E-state index contributed by atoms with van der Waals surface area (Å²) in [4.78, 5) is 0. The molecule has 0 heterocycles. The summed E-state index contributed by atoms with van der Waals surface area (Å²) in [6.07, 6.45) is 12.5. The molecule has 2 aromatic carbocycles. The summed E-state index contributed by atoms with van der Waals surface area (Å²) < 4.78 is 0. The molecule has 0 nitrogen and oxygen atoms in total. The summed E-state index contributed by atoms with van der Waals surface area (Å²) in [6, 6.07) is 18.2. The second-order valence-corrected chi connectivity index (χ2v) is 10.6. The first kappa shape index (κ1) is 19.9. The van der Waals surface area contributed by atoms with Crippen molar-refractivity contribution < 1.29 is 0 Å². The summed E-state index contributed by atoms with van der Waals surface area (Å²) >= 11 is 0. The van der Waals surface area contributed by atoms with Crippen molar-refractivity contribution in [1.29, 1.82) is 0 Å². The van der Waals surface area contributed by atoms with Crippen molar-refractivity contribution in [2.45, 2.75) is 52.4 Å². The van der Waals surface area contributed by atoms with Crippen LogP contribution in [0.4, 0.5) is 0 Å². The normalized spacial score (nSPS) is 32.1. The van der Waals surface area contributed by atoms with E-state index in [9.17, 15) is 0 Å². The molecule has 6 atom stereocenters. The zero-order valence-electron chi connectivity index (χ0n) is 19.0. The molecule has 0 aromatic heterocycles. The van der Waals surface area contributed by atoms with E-state index in [0.29, 0.717) is 11.8 Å². The minimum Gasteiger partial charge on any atom is -0.0761 e. The van der Waals surface area contributed by atoms with Gasteiger partial charge >= 0.3 is 0 Å². The molecule has 0 aliphatic heterocycles.